The summed E-state index contributed by atoms with van der Waals surface area (Å²) in [7, 11) is 1.81. The summed E-state index contributed by atoms with van der Waals surface area (Å²) in [6.45, 7) is 2.11. The molecule has 0 amide bonds. The molecule has 19 heavy (non-hydrogen) atoms. The SMILES string of the molecule is CO[C@H]1CSC2(C1)CN(c1ccc3nncn3n1)C2. The molecule has 2 aromatic heterocycles. The lowest BCUT2D eigenvalue weighted by molar-refractivity contribution is 0.109. The molecule has 0 unspecified atom stereocenters. The summed E-state index contributed by atoms with van der Waals surface area (Å²) in [5.74, 6) is 2.11. The number of anilines is 1. The summed E-state index contributed by atoms with van der Waals surface area (Å²) < 4.78 is 7.56. The highest BCUT2D eigenvalue weighted by Gasteiger charge is 2.49. The minimum absolute atomic E-state index is 0.379. The zero-order valence-corrected chi connectivity index (χ0v) is 11.5. The van der Waals surface area contributed by atoms with E-state index >= 15 is 0 Å². The Labute approximate surface area is 115 Å². The molecule has 2 saturated heterocycles. The number of ether oxygens (including phenoxy) is 1. The van der Waals surface area contributed by atoms with Crippen molar-refractivity contribution in [3.63, 3.8) is 0 Å². The topological polar surface area (TPSA) is 55.5 Å². The molecule has 0 bridgehead atoms. The number of thioether (sulfide) groups is 1. The largest absolute Gasteiger partial charge is 0.381 e. The van der Waals surface area contributed by atoms with Gasteiger partial charge in [0.05, 0.1) is 10.9 Å². The van der Waals surface area contributed by atoms with Crippen LogP contribution in [0, 0.1) is 0 Å². The van der Waals surface area contributed by atoms with Crippen molar-refractivity contribution in [2.24, 2.45) is 0 Å². The molecule has 4 rings (SSSR count). The van der Waals surface area contributed by atoms with E-state index in [9.17, 15) is 0 Å². The van der Waals surface area contributed by atoms with Gasteiger partial charge in [-0.05, 0) is 18.6 Å². The molecular formula is C12H15N5OS. The second kappa shape index (κ2) is 4.08. The third-order valence-electron chi connectivity index (χ3n) is 3.94. The molecule has 0 N–H and O–H groups in total. The summed E-state index contributed by atoms with van der Waals surface area (Å²) in [6.07, 6.45) is 3.21. The third-order valence-corrected chi connectivity index (χ3v) is 5.51. The second-order valence-corrected chi connectivity index (χ2v) is 6.73. The molecule has 6 nitrogen and oxygen atoms in total. The standard InChI is InChI=1S/C12H15N5OS/c1-18-9-4-12(19-5-9)6-16(7-12)11-3-2-10-14-13-8-17(10)15-11/h2-3,8-9H,4-7H2,1H3/t9-/m1/s1. The van der Waals surface area contributed by atoms with Crippen LogP contribution in [0.3, 0.4) is 0 Å². The van der Waals surface area contributed by atoms with Crippen molar-refractivity contribution in [3.05, 3.63) is 18.5 Å². The number of fused-ring (bicyclic) bond motifs is 1. The van der Waals surface area contributed by atoms with Crippen LogP contribution in [0.1, 0.15) is 6.42 Å². The van der Waals surface area contributed by atoms with Crippen LogP contribution >= 0.6 is 11.8 Å². The molecular weight excluding hydrogens is 262 g/mol. The first kappa shape index (κ1) is 11.5. The van der Waals surface area contributed by atoms with Crippen molar-refractivity contribution in [1.29, 1.82) is 0 Å². The quantitative estimate of drug-likeness (QED) is 0.810. The van der Waals surface area contributed by atoms with Crippen LogP contribution < -0.4 is 4.90 Å². The van der Waals surface area contributed by atoms with Gasteiger partial charge in [0, 0.05) is 26.0 Å². The van der Waals surface area contributed by atoms with Crippen molar-refractivity contribution in [1.82, 2.24) is 19.8 Å². The van der Waals surface area contributed by atoms with Crippen molar-refractivity contribution < 1.29 is 4.74 Å². The Balaban J connectivity index is 1.50. The molecule has 100 valence electrons. The van der Waals surface area contributed by atoms with Crippen molar-refractivity contribution >= 4 is 23.2 Å². The molecule has 2 fully saturated rings. The average Bonchev–Trinajstić information content (AvgIpc) is 3.02. The monoisotopic (exact) mass is 277 g/mol. The van der Waals surface area contributed by atoms with Gasteiger partial charge in [0.25, 0.3) is 0 Å². The lowest BCUT2D eigenvalue weighted by Crippen LogP contribution is -2.59. The number of hydrogen-bond donors (Lipinski definition) is 0. The van der Waals surface area contributed by atoms with Gasteiger partial charge in [-0.15, -0.1) is 27.1 Å². The van der Waals surface area contributed by atoms with E-state index in [1.807, 2.05) is 31.0 Å². The van der Waals surface area contributed by atoms with Crippen LogP contribution in [0.4, 0.5) is 5.82 Å². The number of methoxy groups -OCH3 is 1. The minimum Gasteiger partial charge on any atom is -0.381 e. The first-order valence-electron chi connectivity index (χ1n) is 6.37. The summed E-state index contributed by atoms with van der Waals surface area (Å²) in [4.78, 5) is 2.31. The number of aromatic nitrogens is 4. The molecule has 2 aromatic rings. The number of rotatable bonds is 2. The van der Waals surface area contributed by atoms with Gasteiger partial charge in [-0.25, -0.2) is 0 Å². The molecule has 0 radical (unpaired) electrons. The zero-order valence-electron chi connectivity index (χ0n) is 10.7. The van der Waals surface area contributed by atoms with Gasteiger partial charge in [-0.1, -0.05) is 0 Å². The molecule has 0 saturated carbocycles. The van der Waals surface area contributed by atoms with Gasteiger partial charge in [0.1, 0.15) is 12.1 Å². The van der Waals surface area contributed by atoms with E-state index in [1.165, 1.54) is 0 Å². The maximum atomic E-state index is 5.45. The predicted molar refractivity (Wildman–Crippen MR) is 73.6 cm³/mol. The molecule has 1 spiro atoms. The lowest BCUT2D eigenvalue weighted by Gasteiger charge is -2.48. The predicted octanol–water partition coefficient (Wildman–Crippen LogP) is 0.835. The van der Waals surface area contributed by atoms with Crippen LogP contribution in [0.2, 0.25) is 0 Å². The fourth-order valence-corrected chi connectivity index (χ4v) is 4.46. The molecule has 4 heterocycles. The second-order valence-electron chi connectivity index (χ2n) is 5.24. The van der Waals surface area contributed by atoms with E-state index in [4.69, 9.17) is 4.74 Å². The third kappa shape index (κ3) is 1.80. The maximum Gasteiger partial charge on any atom is 0.177 e. The molecule has 2 aliphatic heterocycles. The summed E-state index contributed by atoms with van der Waals surface area (Å²) >= 11 is 2.04. The van der Waals surface area contributed by atoms with Gasteiger partial charge < -0.3 is 9.64 Å². The summed E-state index contributed by atoms with van der Waals surface area (Å²) in [5, 5.41) is 12.3. The van der Waals surface area contributed by atoms with Crippen LogP contribution in [-0.4, -0.2) is 56.6 Å². The minimum atomic E-state index is 0.379. The van der Waals surface area contributed by atoms with Crippen molar-refractivity contribution in [2.75, 3.05) is 30.9 Å². The van der Waals surface area contributed by atoms with E-state index in [-0.39, 0.29) is 0 Å². The Hall–Kier alpha value is -1.34. The van der Waals surface area contributed by atoms with E-state index in [0.29, 0.717) is 10.9 Å². The number of hydrogen-bond acceptors (Lipinski definition) is 6. The van der Waals surface area contributed by atoms with E-state index in [1.54, 1.807) is 10.8 Å². The van der Waals surface area contributed by atoms with Gasteiger partial charge in [-0.3, -0.25) is 0 Å². The van der Waals surface area contributed by atoms with Gasteiger partial charge >= 0.3 is 0 Å². The Morgan fingerprint density at radius 2 is 2.32 bits per heavy atom. The van der Waals surface area contributed by atoms with Crippen molar-refractivity contribution in [3.8, 4) is 0 Å². The summed E-state index contributed by atoms with van der Waals surface area (Å²) in [5.41, 5.74) is 0.786. The van der Waals surface area contributed by atoms with Gasteiger partial charge in [0.2, 0.25) is 0 Å². The molecule has 7 heteroatoms. The fourth-order valence-electron chi connectivity index (χ4n) is 2.87. The molecule has 1 atom stereocenters. The normalized spacial score (nSPS) is 25.1. The van der Waals surface area contributed by atoms with Gasteiger partial charge in [-0.2, -0.15) is 4.52 Å². The zero-order chi connectivity index (χ0) is 12.9. The molecule has 2 aliphatic rings. The van der Waals surface area contributed by atoms with E-state index in [0.717, 1.165) is 36.7 Å². The van der Waals surface area contributed by atoms with Crippen LogP contribution in [0.25, 0.3) is 5.65 Å². The molecule has 0 aliphatic carbocycles. The first-order chi connectivity index (χ1) is 9.28. The Bertz CT molecular complexity index is 609. The van der Waals surface area contributed by atoms with Crippen LogP contribution in [0.5, 0.6) is 0 Å². The van der Waals surface area contributed by atoms with E-state index < -0.39 is 0 Å². The highest BCUT2D eigenvalue weighted by Crippen LogP contribution is 2.46. The smallest absolute Gasteiger partial charge is 0.177 e. The Kier molecular flexibility index (Phi) is 2.46. The lowest BCUT2D eigenvalue weighted by atomic mass is 9.93. The van der Waals surface area contributed by atoms with E-state index in [2.05, 4.69) is 20.2 Å². The maximum absolute atomic E-state index is 5.45. The highest BCUT2D eigenvalue weighted by molar-refractivity contribution is 8.01. The summed E-state index contributed by atoms with van der Waals surface area (Å²) in [6, 6.07) is 3.98. The first-order valence-corrected chi connectivity index (χ1v) is 7.35. The Morgan fingerprint density at radius 1 is 1.42 bits per heavy atom. The van der Waals surface area contributed by atoms with Crippen LogP contribution in [-0.2, 0) is 4.74 Å². The van der Waals surface area contributed by atoms with Gasteiger partial charge in [0.15, 0.2) is 5.65 Å². The number of nitrogens with zero attached hydrogens (tertiary/aromatic N) is 5. The fraction of sp³-hybridized carbons (Fsp3) is 0.583. The van der Waals surface area contributed by atoms with Crippen LogP contribution in [0.15, 0.2) is 18.5 Å². The Morgan fingerprint density at radius 3 is 3.11 bits per heavy atom. The molecule has 0 aromatic carbocycles. The highest BCUT2D eigenvalue weighted by atomic mass is 32.2. The average molecular weight is 277 g/mol. The van der Waals surface area contributed by atoms with Crippen molar-refractivity contribution in [2.45, 2.75) is 17.3 Å².